The van der Waals surface area contributed by atoms with Crippen LogP contribution in [0.3, 0.4) is 0 Å². The van der Waals surface area contributed by atoms with Gasteiger partial charge in [0.15, 0.2) is 0 Å². The van der Waals surface area contributed by atoms with Crippen LogP contribution in [0.1, 0.15) is 62.6 Å². The summed E-state index contributed by atoms with van der Waals surface area (Å²) in [7, 11) is 0. The maximum Gasteiger partial charge on any atom is 0.126 e. The molecule has 114 valence electrons. The van der Waals surface area contributed by atoms with E-state index in [4.69, 9.17) is 0 Å². The van der Waals surface area contributed by atoms with Crippen molar-refractivity contribution in [3.05, 3.63) is 35.4 Å². The maximum absolute atomic E-state index is 10.7. The molecule has 1 aromatic rings. The molecule has 0 radical (unpaired) electrons. The first-order valence-corrected chi connectivity index (χ1v) is 8.38. The van der Waals surface area contributed by atoms with Crippen LogP contribution in [0.25, 0.3) is 6.08 Å². The van der Waals surface area contributed by atoms with Gasteiger partial charge in [-0.15, -0.1) is 0 Å². The van der Waals surface area contributed by atoms with E-state index in [1.54, 1.807) is 6.08 Å². The van der Waals surface area contributed by atoms with E-state index in [9.17, 15) is 5.11 Å². The van der Waals surface area contributed by atoms with Gasteiger partial charge in [-0.3, -0.25) is 0 Å². The molecule has 1 nitrogen and oxygen atoms in total. The van der Waals surface area contributed by atoms with Crippen LogP contribution in [0.2, 0.25) is 0 Å². The van der Waals surface area contributed by atoms with Crippen LogP contribution < -0.4 is 0 Å². The van der Waals surface area contributed by atoms with Crippen molar-refractivity contribution in [2.45, 2.75) is 58.3 Å². The number of fused-ring (bicyclic) bond motifs is 2. The van der Waals surface area contributed by atoms with E-state index < -0.39 is 0 Å². The Labute approximate surface area is 129 Å². The van der Waals surface area contributed by atoms with Gasteiger partial charge in [0.1, 0.15) is 5.75 Å². The standard InChI is InChI=1S/C20H28O/c1-5-17-8-14(3)9-18(19(17)21)20(4)11-15-6-13(2)7-16(10-15)12-20/h5,8-9,13,15-16,21H,1,6-7,10-12H2,2-4H3. The molecule has 0 saturated heterocycles. The molecule has 0 aromatic heterocycles. The van der Waals surface area contributed by atoms with Crippen molar-refractivity contribution >= 4 is 6.08 Å². The van der Waals surface area contributed by atoms with Gasteiger partial charge in [-0.05, 0) is 73.8 Å². The lowest BCUT2D eigenvalue weighted by atomic mass is 9.57. The largest absolute Gasteiger partial charge is 0.507 e. The summed E-state index contributed by atoms with van der Waals surface area (Å²) in [4.78, 5) is 0. The summed E-state index contributed by atoms with van der Waals surface area (Å²) in [6.45, 7) is 10.7. The zero-order chi connectivity index (χ0) is 15.2. The summed E-state index contributed by atoms with van der Waals surface area (Å²) >= 11 is 0. The number of aromatic hydroxyl groups is 1. The first-order chi connectivity index (χ1) is 9.91. The number of phenols is 1. The Morgan fingerprint density at radius 2 is 1.81 bits per heavy atom. The Kier molecular flexibility index (Phi) is 3.63. The van der Waals surface area contributed by atoms with Crippen LogP contribution in [0, 0.1) is 24.7 Å². The van der Waals surface area contributed by atoms with E-state index in [2.05, 4.69) is 33.4 Å². The molecule has 0 spiro atoms. The number of rotatable bonds is 2. The maximum atomic E-state index is 10.7. The summed E-state index contributed by atoms with van der Waals surface area (Å²) in [5, 5.41) is 10.7. The van der Waals surface area contributed by atoms with Crippen LogP contribution in [0.15, 0.2) is 18.7 Å². The number of phenolic OH excluding ortho intramolecular Hbond substituents is 1. The van der Waals surface area contributed by atoms with Crippen molar-refractivity contribution in [3.8, 4) is 5.75 Å². The fourth-order valence-electron chi connectivity index (χ4n) is 5.23. The molecule has 0 amide bonds. The van der Waals surface area contributed by atoms with Crippen molar-refractivity contribution in [1.29, 1.82) is 0 Å². The minimum absolute atomic E-state index is 0.127. The molecule has 1 aromatic carbocycles. The van der Waals surface area contributed by atoms with Gasteiger partial charge in [-0.25, -0.2) is 0 Å². The number of aryl methyl sites for hydroxylation is 1. The fraction of sp³-hybridized carbons (Fsp3) is 0.600. The van der Waals surface area contributed by atoms with Gasteiger partial charge in [0, 0.05) is 11.1 Å². The smallest absolute Gasteiger partial charge is 0.126 e. The van der Waals surface area contributed by atoms with Crippen LogP contribution in [0.5, 0.6) is 5.75 Å². The molecule has 2 bridgehead atoms. The van der Waals surface area contributed by atoms with Gasteiger partial charge < -0.3 is 5.11 Å². The predicted octanol–water partition coefficient (Wildman–Crippen LogP) is 5.45. The van der Waals surface area contributed by atoms with E-state index >= 15 is 0 Å². The third kappa shape index (κ3) is 2.63. The molecule has 3 rings (SSSR count). The molecule has 0 aliphatic heterocycles. The summed E-state index contributed by atoms with van der Waals surface area (Å²) in [5.74, 6) is 3.02. The highest BCUT2D eigenvalue weighted by Gasteiger charge is 2.43. The highest BCUT2D eigenvalue weighted by atomic mass is 16.3. The first kappa shape index (κ1) is 14.7. The Morgan fingerprint density at radius 3 is 2.38 bits per heavy atom. The van der Waals surface area contributed by atoms with Crippen molar-refractivity contribution in [2.75, 3.05) is 0 Å². The third-order valence-electron chi connectivity index (χ3n) is 5.77. The molecular weight excluding hydrogens is 256 g/mol. The van der Waals surface area contributed by atoms with Gasteiger partial charge in [0.25, 0.3) is 0 Å². The van der Waals surface area contributed by atoms with E-state index in [0.29, 0.717) is 5.75 Å². The first-order valence-electron chi connectivity index (χ1n) is 8.38. The zero-order valence-corrected chi connectivity index (χ0v) is 13.7. The average Bonchev–Trinajstić information content (AvgIpc) is 2.39. The van der Waals surface area contributed by atoms with Crippen molar-refractivity contribution in [2.24, 2.45) is 17.8 Å². The van der Waals surface area contributed by atoms with Gasteiger partial charge in [0.05, 0.1) is 0 Å². The second kappa shape index (κ2) is 5.19. The van der Waals surface area contributed by atoms with E-state index in [1.165, 1.54) is 37.7 Å². The lowest BCUT2D eigenvalue weighted by Crippen LogP contribution is -2.38. The molecule has 2 aliphatic rings. The van der Waals surface area contributed by atoms with E-state index in [1.807, 2.05) is 6.07 Å². The second-order valence-electron chi connectivity index (χ2n) is 7.97. The highest BCUT2D eigenvalue weighted by molar-refractivity contribution is 5.61. The summed E-state index contributed by atoms with van der Waals surface area (Å²) < 4.78 is 0. The minimum atomic E-state index is 0.127. The average molecular weight is 284 g/mol. The minimum Gasteiger partial charge on any atom is -0.507 e. The lowest BCUT2D eigenvalue weighted by molar-refractivity contribution is 0.0886. The number of hydrogen-bond acceptors (Lipinski definition) is 1. The monoisotopic (exact) mass is 284 g/mol. The van der Waals surface area contributed by atoms with Gasteiger partial charge in [0.2, 0.25) is 0 Å². The van der Waals surface area contributed by atoms with Gasteiger partial charge in [-0.1, -0.05) is 32.6 Å². The zero-order valence-electron chi connectivity index (χ0n) is 13.7. The van der Waals surface area contributed by atoms with Crippen LogP contribution >= 0.6 is 0 Å². The lowest BCUT2D eigenvalue weighted by Gasteiger charge is -2.48. The molecule has 21 heavy (non-hydrogen) atoms. The Balaban J connectivity index is 2.00. The summed E-state index contributed by atoms with van der Waals surface area (Å²) in [6, 6.07) is 4.23. The normalized spacial score (nSPS) is 35.5. The Bertz CT molecular complexity index is 539. The highest BCUT2D eigenvalue weighted by Crippen LogP contribution is 2.53. The molecule has 2 atom stereocenters. The molecule has 1 N–H and O–H groups in total. The fourth-order valence-corrected chi connectivity index (χ4v) is 5.23. The Hall–Kier alpha value is -1.24. The SMILES string of the molecule is C=Cc1cc(C)cc(C2(C)CC3CC(C)CC(C3)C2)c1O. The number of hydrogen-bond donors (Lipinski definition) is 1. The molecule has 2 unspecified atom stereocenters. The third-order valence-corrected chi connectivity index (χ3v) is 5.77. The second-order valence-corrected chi connectivity index (χ2v) is 7.97. The quantitative estimate of drug-likeness (QED) is 0.766. The molecular formula is C20H28O. The molecule has 2 aliphatic carbocycles. The summed E-state index contributed by atoms with van der Waals surface area (Å²) in [6.07, 6.45) is 8.37. The van der Waals surface area contributed by atoms with Crippen molar-refractivity contribution in [3.63, 3.8) is 0 Å². The van der Waals surface area contributed by atoms with Crippen LogP contribution in [-0.4, -0.2) is 5.11 Å². The van der Waals surface area contributed by atoms with Crippen molar-refractivity contribution < 1.29 is 5.11 Å². The molecule has 2 fully saturated rings. The predicted molar refractivity (Wildman–Crippen MR) is 89.5 cm³/mol. The molecule has 0 heterocycles. The molecule has 2 saturated carbocycles. The number of benzene rings is 1. The van der Waals surface area contributed by atoms with Gasteiger partial charge >= 0.3 is 0 Å². The van der Waals surface area contributed by atoms with E-state index in [0.717, 1.165) is 28.9 Å². The molecule has 1 heteroatoms. The van der Waals surface area contributed by atoms with E-state index in [-0.39, 0.29) is 5.41 Å². The van der Waals surface area contributed by atoms with Crippen LogP contribution in [-0.2, 0) is 5.41 Å². The Morgan fingerprint density at radius 1 is 1.19 bits per heavy atom. The summed E-state index contributed by atoms with van der Waals surface area (Å²) in [5.41, 5.74) is 3.39. The topological polar surface area (TPSA) is 20.2 Å². The van der Waals surface area contributed by atoms with Crippen LogP contribution in [0.4, 0.5) is 0 Å². The van der Waals surface area contributed by atoms with Gasteiger partial charge in [-0.2, -0.15) is 0 Å². The van der Waals surface area contributed by atoms with Crippen molar-refractivity contribution in [1.82, 2.24) is 0 Å².